The second kappa shape index (κ2) is 6.69. The first kappa shape index (κ1) is 15.2. The monoisotopic (exact) mass is 227 g/mol. The number of rotatable bonds is 7. The minimum Gasteiger partial charge on any atom is -0.413 e. The SMILES string of the molecule is CC(C)CC(CC(C)C)(CC(C)C)O[Si]. The Morgan fingerprint density at radius 2 is 1.07 bits per heavy atom. The van der Waals surface area contributed by atoms with Gasteiger partial charge in [-0.25, -0.2) is 0 Å². The maximum Gasteiger partial charge on any atom is 0.247 e. The van der Waals surface area contributed by atoms with Gasteiger partial charge in [0.05, 0.1) is 5.60 Å². The molecule has 0 rings (SSSR count). The molecule has 0 amide bonds. The van der Waals surface area contributed by atoms with Crippen molar-refractivity contribution < 1.29 is 4.43 Å². The Labute approximate surface area is 99.5 Å². The minimum atomic E-state index is 0.0212. The summed E-state index contributed by atoms with van der Waals surface area (Å²) >= 11 is 0. The van der Waals surface area contributed by atoms with Crippen molar-refractivity contribution in [1.82, 2.24) is 0 Å². The second-order valence-electron chi connectivity index (χ2n) is 6.08. The standard InChI is InChI=1S/C13H27OSi/c1-10(2)7-13(14-15,8-11(3)4)9-12(5)6/h10-12H,7-9H2,1-6H3. The summed E-state index contributed by atoms with van der Waals surface area (Å²) in [5.74, 6) is 2.04. The Kier molecular flexibility index (Phi) is 6.77. The third-order valence-corrected chi connectivity index (χ3v) is 2.99. The van der Waals surface area contributed by atoms with E-state index in [1.54, 1.807) is 0 Å². The van der Waals surface area contributed by atoms with Crippen LogP contribution in [0.3, 0.4) is 0 Å². The van der Waals surface area contributed by atoms with Gasteiger partial charge in [0.25, 0.3) is 0 Å². The highest BCUT2D eigenvalue weighted by molar-refractivity contribution is 5.98. The molecule has 0 heterocycles. The zero-order valence-electron chi connectivity index (χ0n) is 11.3. The van der Waals surface area contributed by atoms with E-state index in [4.69, 9.17) is 4.43 Å². The van der Waals surface area contributed by atoms with Gasteiger partial charge in [-0.1, -0.05) is 41.5 Å². The molecular formula is C13H27OSi. The van der Waals surface area contributed by atoms with Gasteiger partial charge in [-0.15, -0.1) is 0 Å². The fraction of sp³-hybridized carbons (Fsp3) is 1.00. The molecule has 0 fully saturated rings. The molecule has 89 valence electrons. The first-order chi connectivity index (χ1) is 6.81. The molecule has 0 aliphatic carbocycles. The average molecular weight is 227 g/mol. The van der Waals surface area contributed by atoms with E-state index in [0.717, 1.165) is 19.3 Å². The van der Waals surface area contributed by atoms with Gasteiger partial charge < -0.3 is 4.43 Å². The van der Waals surface area contributed by atoms with Gasteiger partial charge in [0.2, 0.25) is 10.5 Å². The molecule has 0 saturated heterocycles. The van der Waals surface area contributed by atoms with Crippen molar-refractivity contribution in [2.24, 2.45) is 17.8 Å². The van der Waals surface area contributed by atoms with Crippen molar-refractivity contribution >= 4 is 10.5 Å². The Bertz CT molecular complexity index is 137. The Morgan fingerprint density at radius 3 is 1.20 bits per heavy atom. The molecule has 0 unspecified atom stereocenters. The van der Waals surface area contributed by atoms with Crippen LogP contribution < -0.4 is 0 Å². The van der Waals surface area contributed by atoms with E-state index in [1.165, 1.54) is 0 Å². The summed E-state index contributed by atoms with van der Waals surface area (Å²) in [7, 11) is 3.31. The summed E-state index contributed by atoms with van der Waals surface area (Å²) in [6, 6.07) is 0. The predicted octanol–water partition coefficient (Wildman–Crippen LogP) is 3.96. The lowest BCUT2D eigenvalue weighted by atomic mass is 9.79. The molecule has 3 radical (unpaired) electrons. The highest BCUT2D eigenvalue weighted by Crippen LogP contribution is 2.33. The molecule has 0 saturated carbocycles. The van der Waals surface area contributed by atoms with Crippen LogP contribution in [0, 0.1) is 17.8 Å². The van der Waals surface area contributed by atoms with Crippen molar-refractivity contribution in [3.8, 4) is 0 Å². The summed E-state index contributed by atoms with van der Waals surface area (Å²) in [5.41, 5.74) is 0.0212. The molecule has 0 atom stereocenters. The topological polar surface area (TPSA) is 9.23 Å². The van der Waals surface area contributed by atoms with Crippen LogP contribution in [0.2, 0.25) is 0 Å². The quantitative estimate of drug-likeness (QED) is 0.598. The van der Waals surface area contributed by atoms with E-state index < -0.39 is 0 Å². The highest BCUT2D eigenvalue weighted by atomic mass is 28.2. The normalized spacial score (nSPS) is 13.2. The van der Waals surface area contributed by atoms with Crippen LogP contribution in [0.25, 0.3) is 0 Å². The maximum absolute atomic E-state index is 5.68. The van der Waals surface area contributed by atoms with Gasteiger partial charge in [-0.3, -0.25) is 0 Å². The molecule has 2 heteroatoms. The molecule has 0 spiro atoms. The number of hydrogen-bond donors (Lipinski definition) is 0. The van der Waals surface area contributed by atoms with Crippen LogP contribution in [0.1, 0.15) is 60.8 Å². The van der Waals surface area contributed by atoms with Crippen LogP contribution in [-0.2, 0) is 4.43 Å². The van der Waals surface area contributed by atoms with Crippen LogP contribution in [-0.4, -0.2) is 16.1 Å². The summed E-state index contributed by atoms with van der Waals surface area (Å²) in [4.78, 5) is 0. The fourth-order valence-electron chi connectivity index (χ4n) is 2.61. The summed E-state index contributed by atoms with van der Waals surface area (Å²) in [5, 5.41) is 0. The first-order valence-electron chi connectivity index (χ1n) is 6.16. The third-order valence-electron chi connectivity index (χ3n) is 2.56. The number of hydrogen-bond acceptors (Lipinski definition) is 1. The van der Waals surface area contributed by atoms with Gasteiger partial charge in [0.1, 0.15) is 0 Å². The molecule has 0 N–H and O–H groups in total. The molecule has 0 aliphatic heterocycles. The Morgan fingerprint density at radius 1 is 0.800 bits per heavy atom. The smallest absolute Gasteiger partial charge is 0.247 e. The molecule has 1 nitrogen and oxygen atoms in total. The van der Waals surface area contributed by atoms with Crippen LogP contribution in [0.5, 0.6) is 0 Å². The first-order valence-corrected chi connectivity index (χ1v) is 6.57. The van der Waals surface area contributed by atoms with Crippen molar-refractivity contribution in [2.45, 2.75) is 66.4 Å². The Balaban J connectivity index is 4.59. The van der Waals surface area contributed by atoms with Gasteiger partial charge in [0.15, 0.2) is 0 Å². The lowest BCUT2D eigenvalue weighted by molar-refractivity contribution is 0.0149. The van der Waals surface area contributed by atoms with Crippen LogP contribution in [0.15, 0.2) is 0 Å². The van der Waals surface area contributed by atoms with E-state index in [2.05, 4.69) is 52.0 Å². The molecule has 15 heavy (non-hydrogen) atoms. The molecule has 0 aromatic carbocycles. The van der Waals surface area contributed by atoms with Crippen LogP contribution in [0.4, 0.5) is 0 Å². The van der Waals surface area contributed by atoms with Gasteiger partial charge in [0, 0.05) is 0 Å². The maximum atomic E-state index is 5.68. The third kappa shape index (κ3) is 6.36. The molecule has 0 bridgehead atoms. The van der Waals surface area contributed by atoms with Gasteiger partial charge in [-0.2, -0.15) is 0 Å². The zero-order chi connectivity index (χ0) is 12.1. The largest absolute Gasteiger partial charge is 0.413 e. The van der Waals surface area contributed by atoms with Crippen molar-refractivity contribution in [3.63, 3.8) is 0 Å². The van der Waals surface area contributed by atoms with E-state index in [9.17, 15) is 0 Å². The summed E-state index contributed by atoms with van der Waals surface area (Å²) < 4.78 is 5.68. The van der Waals surface area contributed by atoms with Gasteiger partial charge >= 0.3 is 0 Å². The van der Waals surface area contributed by atoms with E-state index in [-0.39, 0.29) is 5.60 Å². The lowest BCUT2D eigenvalue weighted by Crippen LogP contribution is -2.36. The highest BCUT2D eigenvalue weighted by Gasteiger charge is 2.31. The predicted molar refractivity (Wildman–Crippen MR) is 67.9 cm³/mol. The summed E-state index contributed by atoms with van der Waals surface area (Å²) in [6.07, 6.45) is 3.40. The van der Waals surface area contributed by atoms with Crippen molar-refractivity contribution in [2.75, 3.05) is 0 Å². The zero-order valence-corrected chi connectivity index (χ0v) is 12.3. The Hall–Kier alpha value is 0.177. The molecule has 0 aromatic rings. The van der Waals surface area contributed by atoms with Gasteiger partial charge in [-0.05, 0) is 37.0 Å². The second-order valence-corrected chi connectivity index (χ2v) is 6.28. The van der Waals surface area contributed by atoms with Crippen molar-refractivity contribution in [1.29, 1.82) is 0 Å². The minimum absolute atomic E-state index is 0.0212. The van der Waals surface area contributed by atoms with E-state index >= 15 is 0 Å². The molecule has 0 aliphatic rings. The van der Waals surface area contributed by atoms with Crippen molar-refractivity contribution in [3.05, 3.63) is 0 Å². The molecule has 0 aromatic heterocycles. The average Bonchev–Trinajstić information content (AvgIpc) is 1.99. The fourth-order valence-corrected chi connectivity index (χ4v) is 2.86. The molecular weight excluding hydrogens is 200 g/mol. The lowest BCUT2D eigenvalue weighted by Gasteiger charge is -2.37. The van der Waals surface area contributed by atoms with E-state index in [1.807, 2.05) is 0 Å². The van der Waals surface area contributed by atoms with Crippen LogP contribution >= 0.6 is 0 Å². The van der Waals surface area contributed by atoms with E-state index in [0.29, 0.717) is 17.8 Å². The summed E-state index contributed by atoms with van der Waals surface area (Å²) in [6.45, 7) is 13.6.